The topological polar surface area (TPSA) is 9.86 Å². The van der Waals surface area contributed by atoms with E-state index in [0.717, 1.165) is 19.3 Å². The van der Waals surface area contributed by atoms with Crippen molar-refractivity contribution in [3.05, 3.63) is 132 Å². The van der Waals surface area contributed by atoms with Crippen LogP contribution in [0.5, 0.6) is 0 Å². The molecule has 0 saturated heterocycles. The normalized spacial score (nSPS) is 16.1. The molecule has 218 valence electrons. The first-order chi connectivity index (χ1) is 21.5. The van der Waals surface area contributed by atoms with Gasteiger partial charge in [-0.3, -0.25) is 0 Å². The minimum atomic E-state index is 0.493. The van der Waals surface area contributed by atoms with Crippen LogP contribution < -0.4 is 0 Å². The van der Waals surface area contributed by atoms with Gasteiger partial charge in [-0.05, 0) is 84.2 Å². The summed E-state index contributed by atoms with van der Waals surface area (Å²) in [5.41, 5.74) is 14.8. The molecule has 0 amide bonds. The molecule has 2 heteroatoms. The molecule has 0 saturated carbocycles. The van der Waals surface area contributed by atoms with Crippen LogP contribution in [-0.4, -0.2) is 9.13 Å². The van der Waals surface area contributed by atoms with Crippen LogP contribution in [0.4, 0.5) is 0 Å². The Morgan fingerprint density at radius 3 is 2.00 bits per heavy atom. The highest BCUT2D eigenvalue weighted by Crippen LogP contribution is 2.44. The predicted molar refractivity (Wildman–Crippen MR) is 188 cm³/mol. The van der Waals surface area contributed by atoms with Crippen LogP contribution in [0.1, 0.15) is 69.0 Å². The maximum atomic E-state index is 2.54. The zero-order chi connectivity index (χ0) is 29.9. The van der Waals surface area contributed by atoms with Crippen molar-refractivity contribution in [2.24, 2.45) is 11.8 Å². The van der Waals surface area contributed by atoms with E-state index in [-0.39, 0.29) is 0 Å². The fourth-order valence-corrected chi connectivity index (χ4v) is 7.92. The van der Waals surface area contributed by atoms with Gasteiger partial charge in [0.1, 0.15) is 0 Å². The highest BCUT2D eigenvalue weighted by atomic mass is 15.0. The average molecular weight is 573 g/mol. The van der Waals surface area contributed by atoms with Gasteiger partial charge in [0.15, 0.2) is 0 Å². The standard InChI is InChI=1S/C42H40N2/c1-27(2)33-19-12-24-40-41(33)37-18-6-8-23-39(37)43(40)31-15-9-13-29(25-31)30-14-10-16-32(26-30)44-38-22-7-5-17-35(38)36-21-11-20-34(28(3)4)42(36)44/h5-11,13-19,21-23,25-28,34H,12,20,24H2,1-4H3. The monoisotopic (exact) mass is 572 g/mol. The molecule has 2 aromatic heterocycles. The number of allylic oxidation sites excluding steroid dienone is 3. The summed E-state index contributed by atoms with van der Waals surface area (Å²) < 4.78 is 5.07. The van der Waals surface area contributed by atoms with Gasteiger partial charge in [-0.15, -0.1) is 0 Å². The summed E-state index contributed by atoms with van der Waals surface area (Å²) in [5, 5.41) is 2.71. The maximum absolute atomic E-state index is 2.54. The molecule has 0 aliphatic heterocycles. The van der Waals surface area contributed by atoms with Gasteiger partial charge in [0.25, 0.3) is 0 Å². The molecule has 2 heterocycles. The molecule has 0 bridgehead atoms. The summed E-state index contributed by atoms with van der Waals surface area (Å²) in [5.74, 6) is 1.56. The fourth-order valence-electron chi connectivity index (χ4n) is 7.92. The molecule has 1 atom stereocenters. The maximum Gasteiger partial charge on any atom is 0.0537 e. The van der Waals surface area contributed by atoms with Gasteiger partial charge in [-0.1, -0.05) is 107 Å². The van der Waals surface area contributed by atoms with Crippen LogP contribution in [0, 0.1) is 11.8 Å². The molecule has 2 nitrogen and oxygen atoms in total. The van der Waals surface area contributed by atoms with E-state index in [9.17, 15) is 0 Å². The van der Waals surface area contributed by atoms with Crippen molar-refractivity contribution in [1.29, 1.82) is 0 Å². The quantitative estimate of drug-likeness (QED) is 0.194. The van der Waals surface area contributed by atoms with Crippen molar-refractivity contribution in [2.45, 2.75) is 52.9 Å². The summed E-state index contributed by atoms with van der Waals surface area (Å²) >= 11 is 0. The first-order valence-electron chi connectivity index (χ1n) is 16.3. The van der Waals surface area contributed by atoms with E-state index in [4.69, 9.17) is 0 Å². The van der Waals surface area contributed by atoms with Crippen molar-refractivity contribution in [3.8, 4) is 22.5 Å². The zero-order valence-corrected chi connectivity index (χ0v) is 26.2. The molecule has 6 aromatic rings. The lowest BCUT2D eigenvalue weighted by atomic mass is 9.83. The second kappa shape index (κ2) is 10.6. The predicted octanol–water partition coefficient (Wildman–Crippen LogP) is 11.4. The molecule has 4 aromatic carbocycles. The largest absolute Gasteiger partial charge is 0.313 e. The number of fused-ring (bicyclic) bond motifs is 6. The summed E-state index contributed by atoms with van der Waals surface area (Å²) in [4.78, 5) is 0. The Morgan fingerprint density at radius 1 is 0.682 bits per heavy atom. The summed E-state index contributed by atoms with van der Waals surface area (Å²) in [6, 6.07) is 36.2. The Labute approximate surface area is 261 Å². The van der Waals surface area contributed by atoms with Crippen molar-refractivity contribution in [1.82, 2.24) is 9.13 Å². The third-order valence-electron chi connectivity index (χ3n) is 9.95. The molecular weight excluding hydrogens is 532 g/mol. The highest BCUT2D eigenvalue weighted by molar-refractivity contribution is 5.97. The molecule has 0 radical (unpaired) electrons. The molecule has 0 fully saturated rings. The summed E-state index contributed by atoms with van der Waals surface area (Å²) in [7, 11) is 0. The second-order valence-corrected chi connectivity index (χ2v) is 13.3. The van der Waals surface area contributed by atoms with Crippen molar-refractivity contribution in [2.75, 3.05) is 0 Å². The van der Waals surface area contributed by atoms with Crippen LogP contribution >= 0.6 is 0 Å². The Balaban J connectivity index is 1.28. The minimum Gasteiger partial charge on any atom is -0.313 e. The molecular formula is C42H40N2. The Morgan fingerprint density at radius 2 is 1.32 bits per heavy atom. The number of hydrogen-bond acceptors (Lipinski definition) is 0. The molecule has 44 heavy (non-hydrogen) atoms. The zero-order valence-electron chi connectivity index (χ0n) is 26.2. The Hall–Kier alpha value is -4.56. The van der Waals surface area contributed by atoms with E-state index < -0.39 is 0 Å². The average Bonchev–Trinajstić information content (AvgIpc) is 3.58. The third kappa shape index (κ3) is 4.15. The number of benzene rings is 4. The number of nitrogens with zero attached hydrogens (tertiary/aromatic N) is 2. The van der Waals surface area contributed by atoms with Crippen molar-refractivity contribution in [3.63, 3.8) is 0 Å². The van der Waals surface area contributed by atoms with E-state index in [0.29, 0.717) is 17.8 Å². The van der Waals surface area contributed by atoms with Crippen LogP contribution in [0.15, 0.2) is 109 Å². The van der Waals surface area contributed by atoms with Gasteiger partial charge in [0, 0.05) is 50.6 Å². The van der Waals surface area contributed by atoms with Crippen LogP contribution in [0.25, 0.3) is 56.0 Å². The van der Waals surface area contributed by atoms with Gasteiger partial charge in [-0.2, -0.15) is 0 Å². The Bertz CT molecular complexity index is 2110. The number of aromatic nitrogens is 2. The molecule has 8 rings (SSSR count). The number of rotatable bonds is 5. The fraction of sp³-hybridized carbons (Fsp3) is 0.238. The lowest BCUT2D eigenvalue weighted by Gasteiger charge is -2.26. The smallest absolute Gasteiger partial charge is 0.0537 e. The van der Waals surface area contributed by atoms with E-state index in [1.54, 1.807) is 0 Å². The first kappa shape index (κ1) is 27.0. The second-order valence-electron chi connectivity index (χ2n) is 13.3. The highest BCUT2D eigenvalue weighted by Gasteiger charge is 2.28. The Kier molecular flexibility index (Phi) is 6.48. The van der Waals surface area contributed by atoms with Crippen LogP contribution in [-0.2, 0) is 6.42 Å². The van der Waals surface area contributed by atoms with Gasteiger partial charge < -0.3 is 9.13 Å². The van der Waals surface area contributed by atoms with Gasteiger partial charge >= 0.3 is 0 Å². The summed E-state index contributed by atoms with van der Waals surface area (Å²) in [6.07, 6.45) is 10.4. The summed E-state index contributed by atoms with van der Waals surface area (Å²) in [6.45, 7) is 9.37. The minimum absolute atomic E-state index is 0.493. The van der Waals surface area contributed by atoms with E-state index in [1.165, 1.54) is 72.4 Å². The van der Waals surface area contributed by atoms with Gasteiger partial charge in [-0.25, -0.2) is 0 Å². The molecule has 1 unspecified atom stereocenters. The molecule has 0 N–H and O–H groups in total. The lowest BCUT2D eigenvalue weighted by Crippen LogP contribution is -2.14. The van der Waals surface area contributed by atoms with Crippen molar-refractivity contribution >= 4 is 33.5 Å². The van der Waals surface area contributed by atoms with Gasteiger partial charge in [0.2, 0.25) is 0 Å². The third-order valence-corrected chi connectivity index (χ3v) is 9.95. The van der Waals surface area contributed by atoms with E-state index in [2.05, 4.69) is 152 Å². The van der Waals surface area contributed by atoms with Crippen LogP contribution in [0.2, 0.25) is 0 Å². The first-order valence-corrected chi connectivity index (χ1v) is 16.3. The van der Waals surface area contributed by atoms with Crippen LogP contribution in [0.3, 0.4) is 0 Å². The molecule has 0 spiro atoms. The number of para-hydroxylation sites is 2. The molecule has 2 aliphatic rings. The van der Waals surface area contributed by atoms with Crippen molar-refractivity contribution < 1.29 is 0 Å². The molecule has 2 aliphatic carbocycles. The lowest BCUT2D eigenvalue weighted by molar-refractivity contribution is 0.484. The van der Waals surface area contributed by atoms with Gasteiger partial charge in [0.05, 0.1) is 11.0 Å². The van der Waals surface area contributed by atoms with E-state index >= 15 is 0 Å². The SMILES string of the molecule is CC(C)C1=CCCc2c1c1ccccc1n2-c1cccc(-c2cccc(-n3c4c(c5ccccc53)C=CCC4C(C)C)c2)c1. The van der Waals surface area contributed by atoms with E-state index in [1.807, 2.05) is 0 Å². The number of hydrogen-bond donors (Lipinski definition) is 0.